The van der Waals surface area contributed by atoms with E-state index in [9.17, 15) is 13.5 Å². The van der Waals surface area contributed by atoms with Gasteiger partial charge in [-0.2, -0.15) is 0 Å². The molecule has 0 aromatic heterocycles. The maximum atomic E-state index is 11.2. The predicted octanol–water partition coefficient (Wildman–Crippen LogP) is 0.874. The van der Waals surface area contributed by atoms with Gasteiger partial charge >= 0.3 is 7.48 Å². The van der Waals surface area contributed by atoms with Crippen LogP contribution in [0.1, 0.15) is 34.1 Å². The van der Waals surface area contributed by atoms with E-state index < -0.39 is 21.0 Å². The monoisotopic (exact) mass is 259 g/mol. The summed E-state index contributed by atoms with van der Waals surface area (Å²) in [6, 6.07) is 0. The summed E-state index contributed by atoms with van der Waals surface area (Å²) in [6.45, 7) is 6.95. The van der Waals surface area contributed by atoms with E-state index in [0.717, 1.165) is 5.47 Å². The van der Waals surface area contributed by atoms with E-state index in [4.69, 9.17) is 4.65 Å². The molecule has 0 aromatic carbocycles. The van der Waals surface area contributed by atoms with E-state index in [1.165, 1.54) is 0 Å². The number of hydrogen-bond donors (Lipinski definition) is 1. The summed E-state index contributed by atoms with van der Waals surface area (Å²) in [7, 11) is -1.34. The van der Waals surface area contributed by atoms with Gasteiger partial charge < -0.3 is 9.76 Å². The zero-order chi connectivity index (χ0) is 13.3. The molecule has 0 bridgehead atoms. The maximum Gasteiger partial charge on any atom is 0.326 e. The Hall–Kier alpha value is -0.325. The van der Waals surface area contributed by atoms with Gasteiger partial charge in [0.25, 0.3) is 0 Å². The van der Waals surface area contributed by atoms with Crippen molar-refractivity contribution in [2.24, 2.45) is 0 Å². The molecule has 1 rings (SSSR count). The third kappa shape index (κ3) is 4.12. The van der Waals surface area contributed by atoms with Gasteiger partial charge in [0.2, 0.25) is 0 Å². The van der Waals surface area contributed by atoms with Crippen LogP contribution in [0.3, 0.4) is 0 Å². The first-order valence-electron chi connectivity index (χ1n) is 5.66. The minimum atomic E-state index is -2.90. The lowest BCUT2D eigenvalue weighted by Gasteiger charge is -2.38. The zero-order valence-corrected chi connectivity index (χ0v) is 11.7. The van der Waals surface area contributed by atoms with Crippen LogP contribution in [-0.4, -0.2) is 43.7 Å². The number of aliphatic hydroxyl groups is 1. The lowest BCUT2D eigenvalue weighted by Crippen LogP contribution is -2.48. The minimum Gasteiger partial charge on any atom is -0.427 e. The third-order valence-corrected chi connectivity index (χ3v) is 4.78. The molecule has 0 atom stereocenters. The van der Waals surface area contributed by atoms with Crippen LogP contribution in [0.5, 0.6) is 0 Å². The average molecular weight is 259 g/mol. The van der Waals surface area contributed by atoms with Crippen LogP contribution in [0.4, 0.5) is 0 Å². The standard InChI is InChI=1S/C11H20BO4S/c1-10(2,13)11(3,4)16-12-9-5-7-17(14,15)8-6-9/h5,13H,6-8H2,1-4H3. The normalized spacial score (nSPS) is 20.9. The second kappa shape index (κ2) is 4.74. The highest BCUT2D eigenvalue weighted by molar-refractivity contribution is 7.91. The Balaban J connectivity index is 2.56. The topological polar surface area (TPSA) is 63.6 Å². The van der Waals surface area contributed by atoms with Crippen LogP contribution in [-0.2, 0) is 14.5 Å². The molecule has 1 N–H and O–H groups in total. The molecule has 0 fully saturated rings. The van der Waals surface area contributed by atoms with Gasteiger partial charge in [0.1, 0.15) is 0 Å². The Bertz CT molecular complexity index is 404. The fraction of sp³-hybridized carbons (Fsp3) is 0.818. The van der Waals surface area contributed by atoms with Crippen molar-refractivity contribution >= 4 is 17.3 Å². The number of sulfone groups is 1. The van der Waals surface area contributed by atoms with Crippen molar-refractivity contribution in [1.29, 1.82) is 0 Å². The Morgan fingerprint density at radius 2 is 1.94 bits per heavy atom. The zero-order valence-electron chi connectivity index (χ0n) is 10.9. The Labute approximate surface area is 104 Å². The maximum absolute atomic E-state index is 11.2. The third-order valence-electron chi connectivity index (χ3n) is 3.28. The van der Waals surface area contributed by atoms with Gasteiger partial charge in [-0.15, -0.1) is 0 Å². The molecule has 6 heteroatoms. The molecule has 4 nitrogen and oxygen atoms in total. The summed E-state index contributed by atoms with van der Waals surface area (Å²) in [5, 5.41) is 9.90. The van der Waals surface area contributed by atoms with Gasteiger partial charge in [0, 0.05) is 0 Å². The van der Waals surface area contributed by atoms with Crippen molar-refractivity contribution in [3.05, 3.63) is 11.5 Å². The Morgan fingerprint density at radius 1 is 1.35 bits per heavy atom. The fourth-order valence-electron chi connectivity index (χ4n) is 1.17. The highest BCUT2D eigenvalue weighted by atomic mass is 32.2. The van der Waals surface area contributed by atoms with Crippen LogP contribution < -0.4 is 0 Å². The quantitative estimate of drug-likeness (QED) is 0.761. The summed E-state index contributed by atoms with van der Waals surface area (Å²) in [5.74, 6) is 0.243. The van der Waals surface area contributed by atoms with E-state index in [1.54, 1.807) is 41.3 Å². The first kappa shape index (κ1) is 14.7. The molecule has 0 spiro atoms. The Morgan fingerprint density at radius 3 is 2.35 bits per heavy atom. The fourth-order valence-corrected chi connectivity index (χ4v) is 2.35. The lowest BCUT2D eigenvalue weighted by molar-refractivity contribution is -0.0897. The molecule has 0 amide bonds. The van der Waals surface area contributed by atoms with Gasteiger partial charge in [0.15, 0.2) is 9.84 Å². The van der Waals surface area contributed by atoms with E-state index in [2.05, 4.69) is 0 Å². The second-order valence-electron chi connectivity index (χ2n) is 5.45. The van der Waals surface area contributed by atoms with E-state index in [1.807, 2.05) is 0 Å². The number of rotatable bonds is 4. The van der Waals surface area contributed by atoms with Crippen molar-refractivity contribution in [2.45, 2.75) is 45.3 Å². The van der Waals surface area contributed by atoms with Crippen LogP contribution >= 0.6 is 0 Å². The van der Waals surface area contributed by atoms with E-state index >= 15 is 0 Å². The van der Waals surface area contributed by atoms with Crippen molar-refractivity contribution in [3.63, 3.8) is 0 Å². The lowest BCUT2D eigenvalue weighted by atomic mass is 9.81. The van der Waals surface area contributed by atoms with Gasteiger partial charge in [-0.05, 0) is 34.1 Å². The van der Waals surface area contributed by atoms with Crippen molar-refractivity contribution in [2.75, 3.05) is 11.5 Å². The summed E-state index contributed by atoms with van der Waals surface area (Å²) >= 11 is 0. The van der Waals surface area contributed by atoms with E-state index in [-0.39, 0.29) is 11.5 Å². The molecular weight excluding hydrogens is 239 g/mol. The largest absolute Gasteiger partial charge is 0.427 e. The molecule has 1 radical (unpaired) electrons. The first-order valence-corrected chi connectivity index (χ1v) is 7.48. The molecule has 0 saturated carbocycles. The molecule has 17 heavy (non-hydrogen) atoms. The summed E-state index contributed by atoms with van der Waals surface area (Å²) < 4.78 is 28.0. The predicted molar refractivity (Wildman–Crippen MR) is 68.6 cm³/mol. The average Bonchev–Trinajstić information content (AvgIpc) is 2.14. The minimum absolute atomic E-state index is 0.0745. The van der Waals surface area contributed by atoms with Crippen LogP contribution in [0.15, 0.2) is 11.5 Å². The number of allylic oxidation sites excluding steroid dienone is 1. The van der Waals surface area contributed by atoms with Crippen molar-refractivity contribution < 1.29 is 18.2 Å². The molecule has 0 aromatic rings. The molecular formula is C11H20BO4S. The van der Waals surface area contributed by atoms with Gasteiger partial charge in [-0.1, -0.05) is 11.5 Å². The molecule has 97 valence electrons. The second-order valence-corrected chi connectivity index (χ2v) is 7.68. The molecule has 1 aliphatic rings. The van der Waals surface area contributed by atoms with Crippen molar-refractivity contribution in [3.8, 4) is 0 Å². The highest BCUT2D eigenvalue weighted by Gasteiger charge is 2.36. The van der Waals surface area contributed by atoms with Crippen LogP contribution in [0.2, 0.25) is 0 Å². The number of hydrogen-bond acceptors (Lipinski definition) is 4. The van der Waals surface area contributed by atoms with Gasteiger partial charge in [0.05, 0.1) is 22.7 Å². The van der Waals surface area contributed by atoms with Crippen LogP contribution in [0.25, 0.3) is 0 Å². The summed E-state index contributed by atoms with van der Waals surface area (Å²) in [4.78, 5) is 0. The highest BCUT2D eigenvalue weighted by Crippen LogP contribution is 2.25. The Kier molecular flexibility index (Phi) is 4.11. The first-order chi connectivity index (χ1) is 7.54. The smallest absolute Gasteiger partial charge is 0.326 e. The molecule has 0 saturated heterocycles. The summed E-state index contributed by atoms with van der Waals surface area (Å²) in [6.07, 6.45) is 2.14. The van der Waals surface area contributed by atoms with Crippen molar-refractivity contribution in [1.82, 2.24) is 0 Å². The van der Waals surface area contributed by atoms with E-state index in [0.29, 0.717) is 6.42 Å². The van der Waals surface area contributed by atoms with Crippen LogP contribution in [0, 0.1) is 0 Å². The summed E-state index contributed by atoms with van der Waals surface area (Å²) in [5.41, 5.74) is -0.813. The SMILES string of the molecule is CC(C)(O)C(C)(C)O[B]C1=CCS(=O)(=O)CC1. The van der Waals surface area contributed by atoms with Gasteiger partial charge in [-0.3, -0.25) is 0 Å². The van der Waals surface area contributed by atoms with Gasteiger partial charge in [-0.25, -0.2) is 8.42 Å². The molecule has 1 heterocycles. The molecule has 1 aliphatic heterocycles. The molecule has 0 unspecified atom stereocenters. The molecule has 0 aliphatic carbocycles.